The molecule has 0 spiro atoms. The summed E-state index contributed by atoms with van der Waals surface area (Å²) in [6.07, 6.45) is 6.43. The van der Waals surface area contributed by atoms with Gasteiger partial charge in [-0.2, -0.15) is 0 Å². The van der Waals surface area contributed by atoms with Gasteiger partial charge in [0.05, 0.1) is 12.7 Å². The topological polar surface area (TPSA) is 72.7 Å². The van der Waals surface area contributed by atoms with Gasteiger partial charge >= 0.3 is 0 Å². The van der Waals surface area contributed by atoms with E-state index in [9.17, 15) is 15.3 Å². The van der Waals surface area contributed by atoms with Gasteiger partial charge in [0, 0.05) is 18.2 Å². The van der Waals surface area contributed by atoms with E-state index in [1.807, 2.05) is 30.3 Å². The molecule has 0 saturated heterocycles. The minimum Gasteiger partial charge on any atom is -0.508 e. The van der Waals surface area contributed by atoms with Crippen molar-refractivity contribution < 1.29 is 15.3 Å². The molecule has 4 heteroatoms. The van der Waals surface area contributed by atoms with E-state index in [2.05, 4.69) is 24.4 Å². The summed E-state index contributed by atoms with van der Waals surface area (Å²) in [5.74, 6) is 0.136. The van der Waals surface area contributed by atoms with Gasteiger partial charge in [-0.05, 0) is 48.9 Å². The van der Waals surface area contributed by atoms with Crippen molar-refractivity contribution in [3.8, 4) is 5.75 Å². The molecule has 2 unspecified atom stereocenters. The number of aromatic hydroxyl groups is 1. The van der Waals surface area contributed by atoms with Gasteiger partial charge in [-0.25, -0.2) is 0 Å². The highest BCUT2D eigenvalue weighted by atomic mass is 16.3. The number of nitrogens with one attached hydrogen (secondary N) is 1. The molecule has 0 aliphatic rings. The fourth-order valence-electron chi connectivity index (χ4n) is 3.50. The lowest BCUT2D eigenvalue weighted by Gasteiger charge is -2.22. The van der Waals surface area contributed by atoms with Crippen LogP contribution in [0.3, 0.4) is 0 Å². The van der Waals surface area contributed by atoms with Crippen molar-refractivity contribution >= 4 is 0 Å². The molecule has 154 valence electrons. The Hall–Kier alpha value is -1.88. The van der Waals surface area contributed by atoms with Crippen molar-refractivity contribution in [2.45, 2.75) is 77.2 Å². The Labute approximate surface area is 169 Å². The molecule has 28 heavy (non-hydrogen) atoms. The van der Waals surface area contributed by atoms with Gasteiger partial charge in [0.25, 0.3) is 0 Å². The van der Waals surface area contributed by atoms with Gasteiger partial charge in [-0.1, -0.05) is 62.6 Å². The molecule has 0 aromatic heterocycles. The molecule has 0 saturated carbocycles. The zero-order valence-electron chi connectivity index (χ0n) is 17.0. The van der Waals surface area contributed by atoms with Crippen LogP contribution < -0.4 is 5.32 Å². The molecule has 0 radical (unpaired) electrons. The summed E-state index contributed by atoms with van der Waals surface area (Å²) in [6, 6.07) is 15.9. The molecule has 2 atom stereocenters. The fraction of sp³-hybridized carbons (Fsp3) is 0.500. The van der Waals surface area contributed by atoms with Crippen LogP contribution in [0.1, 0.15) is 62.1 Å². The Morgan fingerprint density at radius 3 is 2.46 bits per heavy atom. The lowest BCUT2D eigenvalue weighted by molar-refractivity contribution is 0.134. The first-order valence-electron chi connectivity index (χ1n) is 10.5. The third kappa shape index (κ3) is 8.01. The van der Waals surface area contributed by atoms with E-state index in [4.69, 9.17) is 0 Å². The number of hydrogen-bond donors (Lipinski definition) is 4. The molecule has 2 aromatic rings. The maximum Gasteiger partial charge on any atom is 0.121 e. The Balaban J connectivity index is 1.94. The summed E-state index contributed by atoms with van der Waals surface area (Å²) in [6.45, 7) is 2.80. The molecule has 2 rings (SSSR count). The van der Waals surface area contributed by atoms with E-state index >= 15 is 0 Å². The third-order valence-corrected chi connectivity index (χ3v) is 5.23. The Bertz CT molecular complexity index is 675. The van der Waals surface area contributed by atoms with Crippen molar-refractivity contribution in [3.05, 3.63) is 65.2 Å². The summed E-state index contributed by atoms with van der Waals surface area (Å²) in [5.41, 5.74) is 2.89. The van der Waals surface area contributed by atoms with Crippen LogP contribution in [-0.4, -0.2) is 27.5 Å². The van der Waals surface area contributed by atoms with Gasteiger partial charge in [0.1, 0.15) is 5.75 Å². The van der Waals surface area contributed by atoms with Crippen LogP contribution in [-0.2, 0) is 19.6 Å². The van der Waals surface area contributed by atoms with E-state index in [0.717, 1.165) is 57.1 Å². The first-order chi connectivity index (χ1) is 13.6. The molecule has 2 aromatic carbocycles. The highest BCUT2D eigenvalue weighted by Crippen LogP contribution is 2.20. The Kier molecular flexibility index (Phi) is 10.0. The van der Waals surface area contributed by atoms with Gasteiger partial charge in [-0.15, -0.1) is 0 Å². The zero-order chi connectivity index (χ0) is 20.2. The Morgan fingerprint density at radius 2 is 1.75 bits per heavy atom. The molecular weight excluding hydrogens is 350 g/mol. The lowest BCUT2D eigenvalue weighted by Crippen LogP contribution is -2.33. The van der Waals surface area contributed by atoms with Crippen molar-refractivity contribution in [3.63, 3.8) is 0 Å². The molecule has 0 aliphatic carbocycles. The van der Waals surface area contributed by atoms with Crippen molar-refractivity contribution in [2.75, 3.05) is 0 Å². The van der Waals surface area contributed by atoms with E-state index in [0.29, 0.717) is 5.56 Å². The third-order valence-electron chi connectivity index (χ3n) is 5.23. The number of aliphatic hydroxyl groups is 2. The van der Waals surface area contributed by atoms with Gasteiger partial charge < -0.3 is 20.6 Å². The smallest absolute Gasteiger partial charge is 0.121 e. The number of benzene rings is 2. The van der Waals surface area contributed by atoms with Crippen LogP contribution in [0.4, 0.5) is 0 Å². The largest absolute Gasteiger partial charge is 0.508 e. The maximum absolute atomic E-state index is 10.5. The molecule has 0 fully saturated rings. The van der Waals surface area contributed by atoms with E-state index in [-0.39, 0.29) is 24.5 Å². The van der Waals surface area contributed by atoms with Gasteiger partial charge in [0.15, 0.2) is 0 Å². The summed E-state index contributed by atoms with van der Waals surface area (Å²) in [4.78, 5) is 0. The predicted molar refractivity (Wildman–Crippen MR) is 114 cm³/mol. The van der Waals surface area contributed by atoms with Crippen LogP contribution in [0.25, 0.3) is 0 Å². The molecular formula is C24H35NO3. The molecule has 0 amide bonds. The first kappa shape index (κ1) is 22.4. The highest BCUT2D eigenvalue weighted by molar-refractivity contribution is 5.35. The average molecular weight is 386 g/mol. The van der Waals surface area contributed by atoms with Gasteiger partial charge in [0.2, 0.25) is 0 Å². The Morgan fingerprint density at radius 1 is 0.964 bits per heavy atom. The number of aryl methyl sites for hydroxylation is 1. The van der Waals surface area contributed by atoms with E-state index in [1.54, 1.807) is 6.07 Å². The van der Waals surface area contributed by atoms with Crippen molar-refractivity contribution in [1.82, 2.24) is 5.32 Å². The molecule has 0 bridgehead atoms. The number of phenols is 1. The van der Waals surface area contributed by atoms with Gasteiger partial charge in [-0.3, -0.25) is 0 Å². The highest BCUT2D eigenvalue weighted by Gasteiger charge is 2.15. The summed E-state index contributed by atoms with van der Waals surface area (Å²) in [5, 5.41) is 33.1. The number of aliphatic hydroxyl groups excluding tert-OH is 2. The van der Waals surface area contributed by atoms with E-state index < -0.39 is 0 Å². The van der Waals surface area contributed by atoms with Crippen molar-refractivity contribution in [2.24, 2.45) is 0 Å². The van der Waals surface area contributed by atoms with Crippen LogP contribution >= 0.6 is 0 Å². The molecule has 0 aliphatic heterocycles. The minimum absolute atomic E-state index is 0.136. The second kappa shape index (κ2) is 12.6. The average Bonchev–Trinajstić information content (AvgIpc) is 2.72. The monoisotopic (exact) mass is 385 g/mol. The summed E-state index contributed by atoms with van der Waals surface area (Å²) < 4.78 is 0. The predicted octanol–water partition coefficient (Wildman–Crippen LogP) is 4.31. The second-order valence-electron chi connectivity index (χ2n) is 7.61. The lowest BCUT2D eigenvalue weighted by atomic mass is 9.97. The van der Waals surface area contributed by atoms with Crippen LogP contribution in [0.5, 0.6) is 5.75 Å². The zero-order valence-corrected chi connectivity index (χ0v) is 17.0. The standard InChI is InChI=1S/C24H35NO3/c1-2-3-5-10-23(27)16-22(25-17-20-8-6-4-7-9-20)13-11-19-12-14-24(28)21(15-19)18-26/h4,6-9,12,14-15,22-23,25-28H,2-3,5,10-11,13,16-18H2,1H3. The number of rotatable bonds is 13. The van der Waals surface area contributed by atoms with E-state index in [1.165, 1.54) is 5.56 Å². The normalized spacial score (nSPS) is 13.4. The summed E-state index contributed by atoms with van der Waals surface area (Å²) >= 11 is 0. The first-order valence-corrected chi connectivity index (χ1v) is 10.5. The SMILES string of the molecule is CCCCCC(O)CC(CCc1ccc(O)c(CO)c1)NCc1ccccc1. The molecule has 4 N–H and O–H groups in total. The fourth-order valence-corrected chi connectivity index (χ4v) is 3.50. The minimum atomic E-state index is -0.285. The van der Waals surface area contributed by atoms with Crippen LogP contribution in [0, 0.1) is 0 Å². The quantitative estimate of drug-likeness (QED) is 0.388. The maximum atomic E-state index is 10.5. The number of unbranched alkanes of at least 4 members (excludes halogenated alkanes) is 2. The summed E-state index contributed by atoms with van der Waals surface area (Å²) in [7, 11) is 0. The van der Waals surface area contributed by atoms with Crippen molar-refractivity contribution in [1.29, 1.82) is 0 Å². The second-order valence-corrected chi connectivity index (χ2v) is 7.61. The number of hydrogen-bond acceptors (Lipinski definition) is 4. The van der Waals surface area contributed by atoms with Crippen LogP contribution in [0.15, 0.2) is 48.5 Å². The molecule has 4 nitrogen and oxygen atoms in total. The van der Waals surface area contributed by atoms with Crippen LogP contribution in [0.2, 0.25) is 0 Å². The molecule has 0 heterocycles.